The summed E-state index contributed by atoms with van der Waals surface area (Å²) in [5.74, 6) is -0.147. The molecule has 0 aliphatic rings. The zero-order chi connectivity index (χ0) is 13.1. The summed E-state index contributed by atoms with van der Waals surface area (Å²) in [6.45, 7) is 2.10. The van der Waals surface area contributed by atoms with E-state index >= 15 is 0 Å². The fraction of sp³-hybridized carbons (Fsp3) is 0.214. The summed E-state index contributed by atoms with van der Waals surface area (Å²) in [5, 5.41) is 0.152. The van der Waals surface area contributed by atoms with Gasteiger partial charge >= 0.3 is 0 Å². The first-order valence-corrected chi connectivity index (χ1v) is 6.88. The van der Waals surface area contributed by atoms with Crippen molar-refractivity contribution in [2.75, 3.05) is 0 Å². The Hall–Kier alpha value is -0.930. The molecule has 0 N–H and O–H groups in total. The minimum atomic E-state index is -0.392. The van der Waals surface area contributed by atoms with Crippen LogP contribution < -0.4 is 0 Å². The van der Waals surface area contributed by atoms with Crippen LogP contribution in [0.5, 0.6) is 0 Å². The predicted octanol–water partition coefficient (Wildman–Crippen LogP) is 5.11. The molecule has 18 heavy (non-hydrogen) atoms. The molecule has 4 heteroatoms. The summed E-state index contributed by atoms with van der Waals surface area (Å²) in [6, 6.07) is 8.76. The Morgan fingerprint density at radius 3 is 2.44 bits per heavy atom. The highest BCUT2D eigenvalue weighted by Crippen LogP contribution is 2.38. The van der Waals surface area contributed by atoms with Gasteiger partial charge in [-0.1, -0.05) is 40.5 Å². The van der Waals surface area contributed by atoms with Gasteiger partial charge in [0.2, 0.25) is 0 Å². The van der Waals surface area contributed by atoms with Gasteiger partial charge in [-0.05, 0) is 41.3 Å². The van der Waals surface area contributed by atoms with Crippen molar-refractivity contribution in [2.24, 2.45) is 0 Å². The van der Waals surface area contributed by atoms with Crippen LogP contribution >= 0.6 is 27.5 Å². The average Bonchev–Trinajstić information content (AvgIpc) is 2.41. The first-order valence-electron chi connectivity index (χ1n) is 5.58. The van der Waals surface area contributed by atoms with Gasteiger partial charge in [0.1, 0.15) is 5.82 Å². The number of hydrogen-bond donors (Lipinski definition) is 0. The van der Waals surface area contributed by atoms with Gasteiger partial charge in [0.25, 0.3) is 0 Å². The van der Waals surface area contributed by atoms with Crippen LogP contribution in [-0.2, 0) is 0 Å². The summed E-state index contributed by atoms with van der Waals surface area (Å²) < 4.78 is 13.1. The van der Waals surface area contributed by atoms with Gasteiger partial charge in [-0.15, -0.1) is 0 Å². The van der Waals surface area contributed by atoms with Crippen molar-refractivity contribution in [3.05, 3.63) is 64.7 Å². The second-order valence-electron chi connectivity index (χ2n) is 4.14. The van der Waals surface area contributed by atoms with Crippen molar-refractivity contribution < 1.29 is 4.39 Å². The van der Waals surface area contributed by atoms with Gasteiger partial charge in [-0.3, -0.25) is 4.98 Å². The van der Waals surface area contributed by atoms with Crippen LogP contribution in [0.4, 0.5) is 4.39 Å². The fourth-order valence-electron chi connectivity index (χ4n) is 1.81. The normalized spacial score (nSPS) is 14.2. The third-order valence-electron chi connectivity index (χ3n) is 2.93. The lowest BCUT2D eigenvalue weighted by Crippen LogP contribution is -2.02. The van der Waals surface area contributed by atoms with Crippen LogP contribution in [0, 0.1) is 5.82 Å². The van der Waals surface area contributed by atoms with Crippen molar-refractivity contribution in [2.45, 2.75) is 17.7 Å². The number of hydrogen-bond acceptors (Lipinski definition) is 1. The zero-order valence-corrected chi connectivity index (χ0v) is 12.1. The number of rotatable bonds is 3. The summed E-state index contributed by atoms with van der Waals surface area (Å²) in [4.78, 5) is 4.08. The number of halogens is 3. The minimum absolute atomic E-state index is 0.0815. The highest BCUT2D eigenvalue weighted by molar-refractivity contribution is 9.09. The summed E-state index contributed by atoms with van der Waals surface area (Å²) in [7, 11) is 0. The number of nitrogens with zero attached hydrogens (tertiary/aromatic N) is 1. The second kappa shape index (κ2) is 5.81. The first kappa shape index (κ1) is 13.5. The lowest BCUT2D eigenvalue weighted by atomic mass is 9.94. The molecule has 0 radical (unpaired) electrons. The van der Waals surface area contributed by atoms with Crippen molar-refractivity contribution >= 4 is 27.5 Å². The molecule has 0 aliphatic carbocycles. The molecular formula is C14H12BrClFN. The fourth-order valence-corrected chi connectivity index (χ4v) is 2.59. The molecule has 94 valence electrons. The largest absolute Gasteiger partial charge is 0.265 e. The van der Waals surface area contributed by atoms with Gasteiger partial charge in [0.15, 0.2) is 0 Å². The van der Waals surface area contributed by atoms with E-state index in [2.05, 4.69) is 27.8 Å². The molecule has 0 aliphatic heterocycles. The maximum Gasteiger partial charge on any atom is 0.141 e. The molecule has 2 unspecified atom stereocenters. The Morgan fingerprint density at radius 1 is 1.17 bits per heavy atom. The molecule has 1 heterocycles. The van der Waals surface area contributed by atoms with Gasteiger partial charge in [0, 0.05) is 17.2 Å². The third kappa shape index (κ3) is 2.90. The first-order chi connectivity index (χ1) is 8.59. The molecule has 1 nitrogen and oxygen atoms in total. The van der Waals surface area contributed by atoms with E-state index in [1.54, 1.807) is 24.5 Å². The van der Waals surface area contributed by atoms with E-state index in [9.17, 15) is 4.39 Å². The maximum atomic E-state index is 13.1. The quantitative estimate of drug-likeness (QED) is 0.713. The number of alkyl halides is 1. The Bertz CT molecular complexity index is 533. The SMILES string of the molecule is CC(c1ccncc1)C(Br)c1ccc(F)c(Cl)c1. The van der Waals surface area contributed by atoms with E-state index in [1.165, 1.54) is 11.6 Å². The molecule has 1 aromatic heterocycles. The van der Waals surface area contributed by atoms with Crippen molar-refractivity contribution in [3.8, 4) is 0 Å². The standard InChI is InChI=1S/C14H12BrClFN/c1-9(10-4-6-18-7-5-10)14(15)11-2-3-13(17)12(16)8-11/h2-9,14H,1H3. The van der Waals surface area contributed by atoms with E-state index < -0.39 is 5.82 Å². The number of aromatic nitrogens is 1. The van der Waals surface area contributed by atoms with Crippen LogP contribution in [0.25, 0.3) is 0 Å². The molecule has 0 spiro atoms. The smallest absolute Gasteiger partial charge is 0.141 e. The number of pyridine rings is 1. The average molecular weight is 329 g/mol. The van der Waals surface area contributed by atoms with E-state index in [1.807, 2.05) is 12.1 Å². The van der Waals surface area contributed by atoms with E-state index in [0.29, 0.717) is 0 Å². The number of benzene rings is 1. The van der Waals surface area contributed by atoms with Gasteiger partial charge in [-0.2, -0.15) is 0 Å². The molecule has 0 amide bonds. The molecule has 1 aromatic carbocycles. The lowest BCUT2D eigenvalue weighted by Gasteiger charge is -2.19. The van der Waals surface area contributed by atoms with Crippen LogP contribution in [0.3, 0.4) is 0 Å². The Balaban J connectivity index is 2.25. The molecule has 0 fully saturated rings. The molecule has 0 saturated carbocycles. The highest BCUT2D eigenvalue weighted by atomic mass is 79.9. The Kier molecular flexibility index (Phi) is 4.36. The topological polar surface area (TPSA) is 12.9 Å². The summed E-state index contributed by atoms with van der Waals surface area (Å²) >= 11 is 9.45. The van der Waals surface area contributed by atoms with Crippen LogP contribution in [0.1, 0.15) is 28.8 Å². The van der Waals surface area contributed by atoms with Crippen molar-refractivity contribution in [1.29, 1.82) is 0 Å². The van der Waals surface area contributed by atoms with Gasteiger partial charge in [-0.25, -0.2) is 4.39 Å². The molecule has 0 bridgehead atoms. The van der Waals surface area contributed by atoms with E-state index in [-0.39, 0.29) is 15.8 Å². The molecule has 2 atom stereocenters. The highest BCUT2D eigenvalue weighted by Gasteiger charge is 2.18. The lowest BCUT2D eigenvalue weighted by molar-refractivity contribution is 0.626. The maximum absolute atomic E-state index is 13.1. The Morgan fingerprint density at radius 2 is 1.83 bits per heavy atom. The predicted molar refractivity (Wildman–Crippen MR) is 75.7 cm³/mol. The van der Waals surface area contributed by atoms with Crippen LogP contribution in [0.15, 0.2) is 42.7 Å². The van der Waals surface area contributed by atoms with E-state index in [4.69, 9.17) is 11.6 Å². The zero-order valence-electron chi connectivity index (χ0n) is 9.78. The monoisotopic (exact) mass is 327 g/mol. The summed E-state index contributed by atoms with van der Waals surface area (Å²) in [5.41, 5.74) is 2.14. The van der Waals surface area contributed by atoms with Gasteiger partial charge in [0.05, 0.1) is 5.02 Å². The second-order valence-corrected chi connectivity index (χ2v) is 5.54. The van der Waals surface area contributed by atoms with Crippen LogP contribution in [-0.4, -0.2) is 4.98 Å². The molecular weight excluding hydrogens is 317 g/mol. The Labute approximate surface area is 119 Å². The van der Waals surface area contributed by atoms with Crippen molar-refractivity contribution in [3.63, 3.8) is 0 Å². The third-order valence-corrected chi connectivity index (χ3v) is 4.54. The summed E-state index contributed by atoms with van der Waals surface area (Å²) in [6.07, 6.45) is 3.53. The molecule has 2 aromatic rings. The van der Waals surface area contributed by atoms with Crippen molar-refractivity contribution in [1.82, 2.24) is 4.98 Å². The molecule has 2 rings (SSSR count). The van der Waals surface area contributed by atoms with E-state index in [0.717, 1.165) is 5.56 Å². The minimum Gasteiger partial charge on any atom is -0.265 e. The van der Waals surface area contributed by atoms with Crippen LogP contribution in [0.2, 0.25) is 5.02 Å². The van der Waals surface area contributed by atoms with Gasteiger partial charge < -0.3 is 0 Å². The molecule has 0 saturated heterocycles.